The number of aromatic nitrogens is 5. The fraction of sp³-hybridized carbons (Fsp3) is 0.0244. The molecule has 5 heteroatoms. The molecule has 0 radical (unpaired) electrons. The molecule has 0 N–H and O–H groups in total. The maximum Gasteiger partial charge on any atom is 0.318 e. The van der Waals surface area contributed by atoms with Crippen molar-refractivity contribution in [2.75, 3.05) is 0 Å². The number of nitrogens with zero attached hydrogens (tertiary/aromatic N) is 5. The van der Waals surface area contributed by atoms with Crippen LogP contribution in [0, 0.1) is 0 Å². The van der Waals surface area contributed by atoms with E-state index in [2.05, 4.69) is 163 Å². The van der Waals surface area contributed by atoms with Gasteiger partial charge in [0.05, 0.1) is 34.5 Å². The van der Waals surface area contributed by atoms with Gasteiger partial charge in [0, 0.05) is 33.0 Å². The molecule has 0 fully saturated rings. The molecule has 5 nitrogen and oxygen atoms in total. The molecule has 1 spiro atoms. The zero-order valence-electron chi connectivity index (χ0n) is 24.5. The zero-order chi connectivity index (χ0) is 29.5. The van der Waals surface area contributed by atoms with Crippen molar-refractivity contribution in [2.45, 2.75) is 5.66 Å². The van der Waals surface area contributed by atoms with E-state index in [0.717, 1.165) is 0 Å². The van der Waals surface area contributed by atoms with Crippen molar-refractivity contribution in [1.82, 2.24) is 13.7 Å². The Labute approximate surface area is 261 Å². The first-order valence-electron chi connectivity index (χ1n) is 16.0. The van der Waals surface area contributed by atoms with Gasteiger partial charge in [-0.25, -0.2) is 0 Å². The number of hydrogen-bond donors (Lipinski definition) is 0. The second-order valence-corrected chi connectivity index (χ2v) is 13.0. The maximum absolute atomic E-state index is 2.59. The molecule has 1 atom stereocenters. The molecule has 3 aliphatic rings. The first kappa shape index (κ1) is 22.3. The Balaban J connectivity index is 1.45. The van der Waals surface area contributed by atoms with Gasteiger partial charge < -0.3 is 4.57 Å². The molecule has 0 saturated carbocycles. The van der Waals surface area contributed by atoms with Crippen molar-refractivity contribution in [3.8, 4) is 17.2 Å². The predicted molar refractivity (Wildman–Crippen MR) is 181 cm³/mol. The summed E-state index contributed by atoms with van der Waals surface area (Å²) in [6.45, 7) is 0. The van der Waals surface area contributed by atoms with E-state index in [1.54, 1.807) is 0 Å². The lowest BCUT2D eigenvalue weighted by Gasteiger charge is -2.41. The fourth-order valence-electron chi connectivity index (χ4n) is 9.71. The molecule has 13 rings (SSSR count). The van der Waals surface area contributed by atoms with Crippen LogP contribution in [-0.4, -0.2) is 13.7 Å². The van der Waals surface area contributed by atoms with Gasteiger partial charge in [-0.3, -0.25) is 0 Å². The van der Waals surface area contributed by atoms with Gasteiger partial charge >= 0.3 is 5.66 Å². The fourth-order valence-corrected chi connectivity index (χ4v) is 9.71. The van der Waals surface area contributed by atoms with Crippen LogP contribution in [0.25, 0.3) is 82.7 Å². The number of para-hydroxylation sites is 3. The second kappa shape index (κ2) is 7.03. The van der Waals surface area contributed by atoms with Crippen LogP contribution in [0.4, 0.5) is 0 Å². The third-order valence-electron chi connectivity index (χ3n) is 11.2. The number of hydrogen-bond acceptors (Lipinski definition) is 0. The first-order valence-corrected chi connectivity index (χ1v) is 16.0. The van der Waals surface area contributed by atoms with Gasteiger partial charge in [-0.15, -0.1) is 0 Å². The molecule has 1 unspecified atom stereocenters. The summed E-state index contributed by atoms with van der Waals surface area (Å²) in [6.07, 6.45) is 4.63. The highest BCUT2D eigenvalue weighted by Gasteiger charge is 2.63. The minimum atomic E-state index is -0.668. The molecule has 46 heavy (non-hydrogen) atoms. The Bertz CT molecular complexity index is 3080. The molecule has 3 aliphatic heterocycles. The van der Waals surface area contributed by atoms with Crippen LogP contribution in [0.15, 0.2) is 140 Å². The second-order valence-electron chi connectivity index (χ2n) is 13.0. The van der Waals surface area contributed by atoms with Gasteiger partial charge in [-0.1, -0.05) is 54.6 Å². The normalized spacial score (nSPS) is 16.8. The smallest absolute Gasteiger partial charge is 0.308 e. The minimum absolute atomic E-state index is 0.668. The summed E-state index contributed by atoms with van der Waals surface area (Å²) in [5.41, 5.74) is 11.9. The molecule has 0 aliphatic carbocycles. The summed E-state index contributed by atoms with van der Waals surface area (Å²) >= 11 is 0. The summed E-state index contributed by atoms with van der Waals surface area (Å²) in [7, 11) is 0. The lowest BCUT2D eigenvalue weighted by atomic mass is 9.80. The van der Waals surface area contributed by atoms with Crippen LogP contribution < -0.4 is 9.13 Å². The summed E-state index contributed by atoms with van der Waals surface area (Å²) in [6, 6.07) is 47.4. The molecule has 8 heterocycles. The van der Waals surface area contributed by atoms with Gasteiger partial charge in [0.1, 0.15) is 27.8 Å². The number of benzene rings is 5. The SMILES string of the molecule is c1cc2c3c(c1)-n1c4ccccc4c4ccc[n+](c41)C31c3c4c(cc5c6ccccc6n(c35)-c3cccc[n+]31)c1ccccc1n4-2. The molecule has 5 aromatic heterocycles. The van der Waals surface area contributed by atoms with E-state index in [-0.39, 0.29) is 0 Å². The average Bonchev–Trinajstić information content (AvgIpc) is 3.76. The highest BCUT2D eigenvalue weighted by atomic mass is 15.4. The van der Waals surface area contributed by atoms with Gasteiger partial charge in [0.15, 0.2) is 5.52 Å². The standard InChI is InChI=1S/C41H23N5/c1-5-16-31-24(11-1)27-14-10-22-43-40(27)45(31)34-19-9-18-33-36(34)41(43)37-38-28(25-12-2-4-15-30(25)44(33)38)23-29-26-13-3-6-17-32(26)46(39(29)37)35-20-7-8-21-42(35)41/h1-23H/q+2. The summed E-state index contributed by atoms with van der Waals surface area (Å²) in [5.74, 6) is 1.17. The number of fused-ring (bicyclic) bond motifs is 13. The summed E-state index contributed by atoms with van der Waals surface area (Å²) in [5, 5.41) is 7.71. The van der Waals surface area contributed by atoms with E-state index < -0.39 is 5.66 Å². The number of pyridine rings is 2. The predicted octanol–water partition coefficient (Wildman–Crippen LogP) is 7.79. The van der Waals surface area contributed by atoms with Crippen LogP contribution in [-0.2, 0) is 5.66 Å². The monoisotopic (exact) mass is 585 g/mol. The first-order chi connectivity index (χ1) is 22.9. The van der Waals surface area contributed by atoms with Gasteiger partial charge in [-0.2, -0.15) is 18.3 Å². The Morgan fingerprint density at radius 3 is 1.74 bits per heavy atom. The van der Waals surface area contributed by atoms with E-state index >= 15 is 0 Å². The third kappa shape index (κ3) is 2.06. The molecule has 10 aromatic rings. The molecule has 0 amide bonds. The van der Waals surface area contributed by atoms with Crippen molar-refractivity contribution in [2.24, 2.45) is 0 Å². The quantitative estimate of drug-likeness (QED) is 0.162. The molecule has 5 aromatic carbocycles. The lowest BCUT2D eigenvalue weighted by Crippen LogP contribution is -2.78. The highest BCUT2D eigenvalue weighted by molar-refractivity contribution is 6.22. The van der Waals surface area contributed by atoms with Crippen LogP contribution in [0.3, 0.4) is 0 Å². The van der Waals surface area contributed by atoms with Crippen molar-refractivity contribution < 1.29 is 9.13 Å². The van der Waals surface area contributed by atoms with Crippen molar-refractivity contribution in [3.05, 3.63) is 151 Å². The van der Waals surface area contributed by atoms with Gasteiger partial charge in [0.2, 0.25) is 0 Å². The van der Waals surface area contributed by atoms with Crippen molar-refractivity contribution in [3.63, 3.8) is 0 Å². The van der Waals surface area contributed by atoms with Crippen LogP contribution in [0.5, 0.6) is 0 Å². The minimum Gasteiger partial charge on any atom is -0.308 e. The molecular formula is C41H23N5+2. The Morgan fingerprint density at radius 1 is 0.413 bits per heavy atom. The lowest BCUT2D eigenvalue weighted by molar-refractivity contribution is -0.960. The van der Waals surface area contributed by atoms with Crippen molar-refractivity contribution >= 4 is 65.5 Å². The van der Waals surface area contributed by atoms with Crippen molar-refractivity contribution in [1.29, 1.82) is 0 Å². The third-order valence-corrected chi connectivity index (χ3v) is 11.2. The maximum atomic E-state index is 2.59. The molecular weight excluding hydrogens is 562 g/mol. The van der Waals surface area contributed by atoms with Crippen LogP contribution >= 0.6 is 0 Å². The molecule has 210 valence electrons. The van der Waals surface area contributed by atoms with E-state index in [4.69, 9.17) is 0 Å². The highest BCUT2D eigenvalue weighted by Crippen LogP contribution is 2.55. The largest absolute Gasteiger partial charge is 0.318 e. The van der Waals surface area contributed by atoms with Gasteiger partial charge in [0.25, 0.3) is 11.5 Å². The van der Waals surface area contributed by atoms with Crippen LogP contribution in [0.1, 0.15) is 11.1 Å². The molecule has 0 bridgehead atoms. The van der Waals surface area contributed by atoms with E-state index in [0.29, 0.717) is 0 Å². The summed E-state index contributed by atoms with van der Waals surface area (Å²) < 4.78 is 12.7. The van der Waals surface area contributed by atoms with Crippen LogP contribution in [0.2, 0.25) is 0 Å². The Morgan fingerprint density at radius 2 is 0.978 bits per heavy atom. The average molecular weight is 586 g/mol. The van der Waals surface area contributed by atoms with Gasteiger partial charge in [-0.05, 0) is 66.7 Å². The Hall–Kier alpha value is -6.20. The molecule has 0 saturated heterocycles. The van der Waals surface area contributed by atoms with E-state index in [9.17, 15) is 0 Å². The zero-order valence-corrected chi connectivity index (χ0v) is 24.5. The summed E-state index contributed by atoms with van der Waals surface area (Å²) in [4.78, 5) is 0. The van der Waals surface area contributed by atoms with E-state index in [1.165, 1.54) is 93.9 Å². The number of rotatable bonds is 0. The topological polar surface area (TPSA) is 22.5 Å². The van der Waals surface area contributed by atoms with E-state index in [1.807, 2.05) is 0 Å². The Kier molecular flexibility index (Phi) is 3.41.